The van der Waals surface area contributed by atoms with Gasteiger partial charge in [-0.05, 0) is 48.9 Å². The highest BCUT2D eigenvalue weighted by Gasteiger charge is 2.25. The van der Waals surface area contributed by atoms with Gasteiger partial charge in [-0.2, -0.15) is 0 Å². The number of rotatable bonds is 6. The van der Waals surface area contributed by atoms with Crippen molar-refractivity contribution in [1.29, 1.82) is 0 Å². The fourth-order valence-corrected chi connectivity index (χ4v) is 4.76. The number of ether oxygens (including phenoxy) is 2. The van der Waals surface area contributed by atoms with Crippen LogP contribution in [0.1, 0.15) is 28.4 Å². The summed E-state index contributed by atoms with van der Waals surface area (Å²) in [6.07, 6.45) is 1.89. The van der Waals surface area contributed by atoms with Gasteiger partial charge in [-0.3, -0.25) is 4.79 Å². The van der Waals surface area contributed by atoms with Crippen molar-refractivity contribution < 1.29 is 14.3 Å². The van der Waals surface area contributed by atoms with Crippen LogP contribution in [0.25, 0.3) is 6.08 Å². The Balaban J connectivity index is 1.62. The number of fused-ring (bicyclic) bond motifs is 1. The molecule has 3 aromatic carbocycles. The lowest BCUT2D eigenvalue weighted by molar-refractivity contribution is 0.104. The average Bonchev–Trinajstić information content (AvgIpc) is 3.06. The van der Waals surface area contributed by atoms with Gasteiger partial charge in [0.25, 0.3) is 0 Å². The molecule has 0 aromatic heterocycles. The van der Waals surface area contributed by atoms with Crippen molar-refractivity contribution in [1.82, 2.24) is 0 Å². The largest absolute Gasteiger partial charge is 0.490 e. The van der Waals surface area contributed by atoms with E-state index in [1.165, 1.54) is 11.8 Å². The monoisotopic (exact) mass is 500 g/mol. The maximum absolute atomic E-state index is 12.7. The first kappa shape index (κ1) is 21.0. The van der Waals surface area contributed by atoms with E-state index in [4.69, 9.17) is 21.1 Å². The maximum Gasteiger partial charge on any atom is 0.200 e. The molecule has 0 aliphatic carbocycles. The molecule has 0 saturated carbocycles. The normalized spacial score (nSPS) is 14.1. The quantitative estimate of drug-likeness (QED) is 0.329. The summed E-state index contributed by atoms with van der Waals surface area (Å²) in [6.45, 7) is 2.75. The molecule has 0 amide bonds. The molecule has 0 N–H and O–H groups in total. The lowest BCUT2D eigenvalue weighted by atomic mass is 10.1. The van der Waals surface area contributed by atoms with Crippen LogP contribution in [-0.4, -0.2) is 12.4 Å². The predicted molar refractivity (Wildman–Crippen MR) is 126 cm³/mol. The van der Waals surface area contributed by atoms with Gasteiger partial charge < -0.3 is 9.47 Å². The number of benzene rings is 3. The molecule has 4 rings (SSSR count). The van der Waals surface area contributed by atoms with E-state index in [1.54, 1.807) is 0 Å². The van der Waals surface area contributed by atoms with Crippen molar-refractivity contribution in [2.45, 2.75) is 18.4 Å². The van der Waals surface area contributed by atoms with Crippen molar-refractivity contribution in [3.05, 3.63) is 91.8 Å². The van der Waals surface area contributed by atoms with Crippen molar-refractivity contribution in [2.24, 2.45) is 0 Å². The number of Topliss-reactive ketones (excluding diaryl/α,β-unsaturated/α-hetero) is 1. The van der Waals surface area contributed by atoms with Crippen molar-refractivity contribution in [3.63, 3.8) is 0 Å². The number of carbonyl (C=O) groups excluding carboxylic acids is 1. The molecule has 3 aromatic rings. The maximum atomic E-state index is 12.7. The highest BCUT2D eigenvalue weighted by molar-refractivity contribution is 9.10. The Bertz CT molecular complexity index is 1140. The Hall–Kier alpha value is -2.21. The molecule has 0 atom stereocenters. The summed E-state index contributed by atoms with van der Waals surface area (Å²) < 4.78 is 12.6. The third-order valence-electron chi connectivity index (χ3n) is 4.57. The van der Waals surface area contributed by atoms with Crippen LogP contribution in [0.3, 0.4) is 0 Å². The molecule has 0 radical (unpaired) electrons. The van der Waals surface area contributed by atoms with Crippen molar-refractivity contribution >= 4 is 51.2 Å². The number of hydrogen-bond acceptors (Lipinski definition) is 4. The molecule has 0 unspecified atom stereocenters. The zero-order valence-electron chi connectivity index (χ0n) is 16.2. The first-order chi connectivity index (χ1) is 14.6. The smallest absolute Gasteiger partial charge is 0.200 e. The number of allylic oxidation sites excluding steroid dienone is 1. The zero-order chi connectivity index (χ0) is 21.1. The number of hydrogen-bond donors (Lipinski definition) is 0. The second kappa shape index (κ2) is 9.29. The molecule has 3 nitrogen and oxygen atoms in total. The van der Waals surface area contributed by atoms with E-state index in [0.717, 1.165) is 26.1 Å². The third-order valence-corrected chi connectivity index (χ3v) is 6.72. The second-order valence-corrected chi connectivity index (χ2v) is 8.91. The zero-order valence-corrected chi connectivity index (χ0v) is 19.3. The highest BCUT2D eigenvalue weighted by Crippen LogP contribution is 2.42. The van der Waals surface area contributed by atoms with Crippen LogP contribution in [0.5, 0.6) is 11.5 Å². The fourth-order valence-electron chi connectivity index (χ4n) is 3.09. The summed E-state index contributed by atoms with van der Waals surface area (Å²) in [6, 6.07) is 19.0. The number of thioether (sulfide) groups is 1. The molecular formula is C24H18BrClO3S. The third kappa shape index (κ3) is 4.43. The first-order valence-electron chi connectivity index (χ1n) is 9.42. The standard InChI is InChI=1S/C24H18BrClO3S/c1-2-28-20-11-16(12-23-24(27)17-8-4-6-10-22(17)30-23)18(25)13-21(20)29-14-15-7-3-5-9-19(15)26/h3-13H,2,14H2,1H3/b23-12-. The van der Waals surface area contributed by atoms with Gasteiger partial charge in [0.1, 0.15) is 6.61 Å². The van der Waals surface area contributed by atoms with Crippen molar-refractivity contribution in [3.8, 4) is 11.5 Å². The van der Waals surface area contributed by atoms with Crippen LogP contribution < -0.4 is 9.47 Å². The number of ketones is 1. The predicted octanol–water partition coefficient (Wildman–Crippen LogP) is 7.41. The van der Waals surface area contributed by atoms with E-state index in [2.05, 4.69) is 15.9 Å². The first-order valence-corrected chi connectivity index (χ1v) is 11.4. The molecule has 6 heteroatoms. The Morgan fingerprint density at radius 2 is 1.77 bits per heavy atom. The molecule has 152 valence electrons. The van der Waals surface area contributed by atoms with Crippen molar-refractivity contribution in [2.75, 3.05) is 6.61 Å². The summed E-state index contributed by atoms with van der Waals surface area (Å²) in [5, 5.41) is 0.659. The molecule has 0 bridgehead atoms. The lowest BCUT2D eigenvalue weighted by Gasteiger charge is -2.15. The van der Waals surface area contributed by atoms with Crippen LogP contribution >= 0.6 is 39.3 Å². The molecule has 1 heterocycles. The summed E-state index contributed by atoms with van der Waals surface area (Å²) in [5.74, 6) is 1.27. The van der Waals surface area contributed by atoms with E-state index < -0.39 is 0 Å². The second-order valence-electron chi connectivity index (χ2n) is 6.57. The molecule has 0 spiro atoms. The summed E-state index contributed by atoms with van der Waals surface area (Å²) in [7, 11) is 0. The van der Waals surface area contributed by atoms with Gasteiger partial charge in [-0.25, -0.2) is 0 Å². The summed E-state index contributed by atoms with van der Waals surface area (Å²) in [5.41, 5.74) is 2.50. The molecule has 1 aliphatic rings. The van der Waals surface area contributed by atoms with Crippen LogP contribution in [0.2, 0.25) is 5.02 Å². The Morgan fingerprint density at radius 1 is 1.03 bits per heavy atom. The van der Waals surface area contributed by atoms with E-state index >= 15 is 0 Å². The summed E-state index contributed by atoms with van der Waals surface area (Å²) in [4.78, 5) is 14.4. The van der Waals surface area contributed by atoms with Crippen LogP contribution in [0.15, 0.2) is 74.9 Å². The van der Waals surface area contributed by atoms with Crippen LogP contribution in [0, 0.1) is 0 Å². The number of carbonyl (C=O) groups is 1. The van der Waals surface area contributed by atoms with E-state index in [1.807, 2.05) is 73.7 Å². The van der Waals surface area contributed by atoms with Gasteiger partial charge in [0, 0.05) is 25.5 Å². The topological polar surface area (TPSA) is 35.5 Å². The van der Waals surface area contributed by atoms with E-state index in [0.29, 0.717) is 34.6 Å². The SMILES string of the molecule is CCOc1cc(/C=C2\Sc3ccccc3C2=O)c(Br)cc1OCc1ccccc1Cl. The Kier molecular flexibility index (Phi) is 6.52. The molecule has 1 aliphatic heterocycles. The Labute approximate surface area is 193 Å². The minimum Gasteiger partial charge on any atom is -0.490 e. The highest BCUT2D eigenvalue weighted by atomic mass is 79.9. The minimum atomic E-state index is 0.0412. The minimum absolute atomic E-state index is 0.0412. The van der Waals surface area contributed by atoms with Gasteiger partial charge in [-0.1, -0.05) is 69.6 Å². The van der Waals surface area contributed by atoms with E-state index in [9.17, 15) is 4.79 Å². The van der Waals surface area contributed by atoms with Gasteiger partial charge >= 0.3 is 0 Å². The molecular weight excluding hydrogens is 484 g/mol. The number of halogens is 2. The lowest BCUT2D eigenvalue weighted by Crippen LogP contribution is -2.01. The fraction of sp³-hybridized carbons (Fsp3) is 0.125. The van der Waals surface area contributed by atoms with Gasteiger partial charge in [0.15, 0.2) is 11.5 Å². The van der Waals surface area contributed by atoms with Gasteiger partial charge in [0.2, 0.25) is 5.78 Å². The molecule has 0 saturated heterocycles. The van der Waals surface area contributed by atoms with E-state index in [-0.39, 0.29) is 5.78 Å². The van der Waals surface area contributed by atoms with Crippen LogP contribution in [-0.2, 0) is 6.61 Å². The molecule has 30 heavy (non-hydrogen) atoms. The van der Waals surface area contributed by atoms with Crippen LogP contribution in [0.4, 0.5) is 0 Å². The van der Waals surface area contributed by atoms with Gasteiger partial charge in [-0.15, -0.1) is 0 Å². The Morgan fingerprint density at radius 3 is 2.53 bits per heavy atom. The average molecular weight is 502 g/mol. The summed E-state index contributed by atoms with van der Waals surface area (Å²) >= 11 is 11.3. The molecule has 0 fully saturated rings. The van der Waals surface area contributed by atoms with Gasteiger partial charge in [0.05, 0.1) is 11.5 Å².